The zero-order valence-electron chi connectivity index (χ0n) is 9.73. The van der Waals surface area contributed by atoms with Crippen molar-refractivity contribution in [1.29, 1.82) is 0 Å². The van der Waals surface area contributed by atoms with Crippen LogP contribution in [-0.2, 0) is 9.47 Å². The van der Waals surface area contributed by atoms with Crippen molar-refractivity contribution in [3.05, 3.63) is 0 Å². The van der Waals surface area contributed by atoms with Crippen LogP contribution in [0.5, 0.6) is 0 Å². The summed E-state index contributed by atoms with van der Waals surface area (Å²) in [4.78, 5) is 0. The monoisotopic (exact) mass is 227 g/mol. The Morgan fingerprint density at radius 2 is 1.94 bits per heavy atom. The quantitative estimate of drug-likeness (QED) is 0.595. The molecule has 16 heavy (non-hydrogen) atoms. The average molecular weight is 227 g/mol. The van der Waals surface area contributed by atoms with Gasteiger partial charge in [0, 0.05) is 5.92 Å². The summed E-state index contributed by atoms with van der Waals surface area (Å²) in [5.41, 5.74) is 0.974. The Bertz CT molecular complexity index is 236. The lowest BCUT2D eigenvalue weighted by atomic mass is 9.84. The van der Waals surface area contributed by atoms with Gasteiger partial charge in [0.1, 0.15) is 0 Å². The van der Waals surface area contributed by atoms with Crippen molar-refractivity contribution >= 4 is 5.71 Å². The Labute approximate surface area is 96.6 Å². The molecule has 1 heterocycles. The number of nitrogens with zero attached hydrogens (tertiary/aromatic N) is 1. The zero-order chi connectivity index (χ0) is 11.2. The van der Waals surface area contributed by atoms with Gasteiger partial charge < -0.3 is 14.7 Å². The first-order valence-corrected chi connectivity index (χ1v) is 6.34. The van der Waals surface area contributed by atoms with Crippen LogP contribution in [-0.4, -0.2) is 30.4 Å². The van der Waals surface area contributed by atoms with Gasteiger partial charge in [-0.2, -0.15) is 0 Å². The first-order chi connectivity index (χ1) is 7.90. The molecule has 4 heteroatoms. The maximum absolute atomic E-state index is 8.92. The Hall–Kier alpha value is -0.610. The van der Waals surface area contributed by atoms with Crippen LogP contribution < -0.4 is 0 Å². The fourth-order valence-electron chi connectivity index (χ4n) is 2.55. The van der Waals surface area contributed by atoms with E-state index in [4.69, 9.17) is 14.7 Å². The van der Waals surface area contributed by atoms with E-state index in [0.29, 0.717) is 5.92 Å². The van der Waals surface area contributed by atoms with Gasteiger partial charge in [-0.1, -0.05) is 11.6 Å². The molecule has 0 aromatic rings. The van der Waals surface area contributed by atoms with Gasteiger partial charge in [0.2, 0.25) is 0 Å². The second-order valence-corrected chi connectivity index (χ2v) is 4.64. The van der Waals surface area contributed by atoms with Crippen LogP contribution >= 0.6 is 0 Å². The Kier molecular flexibility index (Phi) is 4.60. The minimum absolute atomic E-state index is 0.0318. The second kappa shape index (κ2) is 6.21. The molecular weight excluding hydrogens is 206 g/mol. The van der Waals surface area contributed by atoms with Crippen LogP contribution in [0.2, 0.25) is 0 Å². The van der Waals surface area contributed by atoms with E-state index in [1.165, 1.54) is 6.42 Å². The predicted octanol–water partition coefficient (Wildman–Crippen LogP) is 2.55. The molecule has 2 aliphatic rings. The minimum Gasteiger partial charge on any atom is -0.411 e. The van der Waals surface area contributed by atoms with Gasteiger partial charge in [0.05, 0.1) is 18.9 Å². The highest BCUT2D eigenvalue weighted by Gasteiger charge is 2.23. The van der Waals surface area contributed by atoms with Gasteiger partial charge in [-0.05, 0) is 38.5 Å². The largest absolute Gasteiger partial charge is 0.411 e. The van der Waals surface area contributed by atoms with E-state index in [1.54, 1.807) is 0 Å². The normalized spacial score (nSPS) is 30.8. The van der Waals surface area contributed by atoms with Crippen molar-refractivity contribution in [2.45, 2.75) is 51.2 Å². The Morgan fingerprint density at radius 1 is 1.12 bits per heavy atom. The third-order valence-corrected chi connectivity index (χ3v) is 3.48. The van der Waals surface area contributed by atoms with Crippen LogP contribution in [0.25, 0.3) is 0 Å². The van der Waals surface area contributed by atoms with Crippen molar-refractivity contribution in [3.63, 3.8) is 0 Å². The first-order valence-electron chi connectivity index (χ1n) is 6.34. The highest BCUT2D eigenvalue weighted by molar-refractivity contribution is 5.86. The molecule has 0 bridgehead atoms. The van der Waals surface area contributed by atoms with Crippen molar-refractivity contribution < 1.29 is 14.7 Å². The number of oxime groups is 1. The Morgan fingerprint density at radius 3 is 2.69 bits per heavy atom. The molecule has 1 N–H and O–H groups in total. The molecule has 0 radical (unpaired) electrons. The summed E-state index contributed by atoms with van der Waals surface area (Å²) in [6.45, 7) is 1.63. The van der Waals surface area contributed by atoms with Crippen LogP contribution in [0.15, 0.2) is 5.16 Å². The maximum atomic E-state index is 8.92. The van der Waals surface area contributed by atoms with E-state index in [1.807, 2.05) is 0 Å². The van der Waals surface area contributed by atoms with E-state index in [0.717, 1.165) is 57.5 Å². The average Bonchev–Trinajstić information content (AvgIpc) is 2.38. The molecule has 1 aliphatic heterocycles. The molecule has 0 aromatic heterocycles. The van der Waals surface area contributed by atoms with Gasteiger partial charge in [-0.15, -0.1) is 0 Å². The predicted molar refractivity (Wildman–Crippen MR) is 60.7 cm³/mol. The van der Waals surface area contributed by atoms with Gasteiger partial charge in [0.25, 0.3) is 0 Å². The second-order valence-electron chi connectivity index (χ2n) is 4.64. The van der Waals surface area contributed by atoms with E-state index in [2.05, 4.69) is 5.16 Å². The zero-order valence-corrected chi connectivity index (χ0v) is 9.73. The molecule has 1 saturated heterocycles. The van der Waals surface area contributed by atoms with Crippen molar-refractivity contribution in [1.82, 2.24) is 0 Å². The van der Waals surface area contributed by atoms with Crippen LogP contribution in [0, 0.1) is 5.92 Å². The van der Waals surface area contributed by atoms with Crippen LogP contribution in [0.3, 0.4) is 0 Å². The summed E-state index contributed by atoms with van der Waals surface area (Å²) in [5, 5.41) is 12.4. The lowest BCUT2D eigenvalue weighted by Crippen LogP contribution is -2.27. The lowest BCUT2D eigenvalue weighted by Gasteiger charge is -2.27. The lowest BCUT2D eigenvalue weighted by molar-refractivity contribution is -0.182. The molecule has 4 nitrogen and oxygen atoms in total. The number of ether oxygens (including phenoxy) is 2. The van der Waals surface area contributed by atoms with Gasteiger partial charge >= 0.3 is 0 Å². The molecular formula is C12H21NO3. The van der Waals surface area contributed by atoms with E-state index in [9.17, 15) is 0 Å². The summed E-state index contributed by atoms with van der Waals surface area (Å²) < 4.78 is 11.0. The number of rotatable bonds is 3. The van der Waals surface area contributed by atoms with Gasteiger partial charge in [-0.3, -0.25) is 0 Å². The fraction of sp³-hybridized carbons (Fsp3) is 0.917. The molecule has 2 fully saturated rings. The summed E-state index contributed by atoms with van der Waals surface area (Å²) in [5.74, 6) is 0.438. The third kappa shape index (κ3) is 3.19. The van der Waals surface area contributed by atoms with E-state index >= 15 is 0 Å². The summed E-state index contributed by atoms with van der Waals surface area (Å²) >= 11 is 0. The molecule has 1 saturated carbocycles. The maximum Gasteiger partial charge on any atom is 0.157 e. The number of hydrogen-bond acceptors (Lipinski definition) is 4. The molecule has 1 aliphatic carbocycles. The topological polar surface area (TPSA) is 51.1 Å². The summed E-state index contributed by atoms with van der Waals surface area (Å²) in [6, 6.07) is 0. The summed E-state index contributed by atoms with van der Waals surface area (Å²) in [7, 11) is 0. The molecule has 0 spiro atoms. The highest BCUT2D eigenvalue weighted by atomic mass is 16.7. The third-order valence-electron chi connectivity index (χ3n) is 3.48. The van der Waals surface area contributed by atoms with Gasteiger partial charge in [-0.25, -0.2) is 0 Å². The molecule has 1 atom stereocenters. The molecule has 92 valence electrons. The van der Waals surface area contributed by atoms with Gasteiger partial charge in [0.15, 0.2) is 6.29 Å². The highest BCUT2D eigenvalue weighted by Crippen LogP contribution is 2.27. The summed E-state index contributed by atoms with van der Waals surface area (Å²) in [6.07, 6.45) is 7.41. The SMILES string of the molecule is ON=C1CCCCC1CCC1OCCCO1. The van der Waals surface area contributed by atoms with Crippen LogP contribution in [0.4, 0.5) is 0 Å². The van der Waals surface area contributed by atoms with E-state index < -0.39 is 0 Å². The Balaban J connectivity index is 1.74. The van der Waals surface area contributed by atoms with E-state index in [-0.39, 0.29) is 6.29 Å². The number of hydrogen-bond donors (Lipinski definition) is 1. The van der Waals surface area contributed by atoms with Crippen LogP contribution in [0.1, 0.15) is 44.9 Å². The fourth-order valence-corrected chi connectivity index (χ4v) is 2.55. The van der Waals surface area contributed by atoms with Crippen molar-refractivity contribution in [2.24, 2.45) is 11.1 Å². The smallest absolute Gasteiger partial charge is 0.157 e. The molecule has 0 amide bonds. The molecule has 1 unspecified atom stereocenters. The molecule has 2 rings (SSSR count). The molecule has 0 aromatic carbocycles. The minimum atomic E-state index is -0.0318. The standard InChI is InChI=1S/C12H21NO3/c14-13-11-5-2-1-4-10(11)6-7-12-15-8-3-9-16-12/h10,12,14H,1-9H2. The first kappa shape index (κ1) is 11.9. The van der Waals surface area contributed by atoms with Crippen molar-refractivity contribution in [2.75, 3.05) is 13.2 Å². The van der Waals surface area contributed by atoms with Crippen molar-refractivity contribution in [3.8, 4) is 0 Å².